The van der Waals surface area contributed by atoms with Crippen LogP contribution in [0.4, 0.5) is 10.2 Å². The molecule has 1 fully saturated rings. The molecule has 0 saturated carbocycles. The van der Waals surface area contributed by atoms with Crippen molar-refractivity contribution < 1.29 is 28.3 Å². The minimum atomic E-state index is -0.977. The minimum absolute atomic E-state index is 0.138. The van der Waals surface area contributed by atoms with E-state index in [-0.39, 0.29) is 17.0 Å². The maximum absolute atomic E-state index is 13.3. The molecule has 0 bridgehead atoms. The van der Waals surface area contributed by atoms with E-state index in [0.29, 0.717) is 17.1 Å². The van der Waals surface area contributed by atoms with E-state index in [4.69, 9.17) is 9.26 Å². The number of ether oxygens (including phenoxy) is 1. The third-order valence-corrected chi connectivity index (χ3v) is 4.83. The number of hydrogen-bond acceptors (Lipinski definition) is 6. The van der Waals surface area contributed by atoms with Crippen molar-refractivity contribution in [3.8, 4) is 5.75 Å². The second-order valence-electron chi connectivity index (χ2n) is 6.75. The van der Waals surface area contributed by atoms with Gasteiger partial charge >= 0.3 is 5.91 Å². The second-order valence-corrected chi connectivity index (χ2v) is 6.75. The van der Waals surface area contributed by atoms with Crippen LogP contribution in [0.5, 0.6) is 5.75 Å². The molecule has 152 valence electrons. The maximum Gasteiger partial charge on any atom is 0.301 e. The first-order valence-corrected chi connectivity index (χ1v) is 9.05. The molecule has 1 N–H and O–H groups in total. The van der Waals surface area contributed by atoms with Gasteiger partial charge in [0.2, 0.25) is 0 Å². The predicted octanol–water partition coefficient (Wildman–Crippen LogP) is 3.76. The van der Waals surface area contributed by atoms with E-state index in [1.807, 2.05) is 0 Å². The number of anilines is 1. The number of aromatic nitrogens is 1. The summed E-state index contributed by atoms with van der Waals surface area (Å²) in [6, 6.07) is 12.3. The summed E-state index contributed by atoms with van der Waals surface area (Å²) in [5, 5.41) is 14.8. The van der Waals surface area contributed by atoms with Gasteiger partial charge in [0.25, 0.3) is 5.78 Å². The molecule has 30 heavy (non-hydrogen) atoms. The number of aliphatic hydroxyl groups excluding tert-OH is 1. The molecule has 4 rings (SSSR count). The second kappa shape index (κ2) is 7.47. The van der Waals surface area contributed by atoms with E-state index in [0.717, 1.165) is 12.1 Å². The van der Waals surface area contributed by atoms with Crippen molar-refractivity contribution in [1.82, 2.24) is 5.16 Å². The summed E-state index contributed by atoms with van der Waals surface area (Å²) >= 11 is 0. The van der Waals surface area contributed by atoms with Crippen molar-refractivity contribution in [2.24, 2.45) is 0 Å². The van der Waals surface area contributed by atoms with Crippen molar-refractivity contribution in [3.05, 3.63) is 82.9 Å². The first-order chi connectivity index (χ1) is 14.4. The van der Waals surface area contributed by atoms with Crippen LogP contribution in [0.25, 0.3) is 5.76 Å². The molecule has 8 heteroatoms. The Labute approximate surface area is 171 Å². The number of methoxy groups -OCH3 is 1. The Morgan fingerprint density at radius 2 is 1.90 bits per heavy atom. The van der Waals surface area contributed by atoms with E-state index >= 15 is 0 Å². The third-order valence-electron chi connectivity index (χ3n) is 4.83. The Balaban J connectivity index is 1.95. The van der Waals surface area contributed by atoms with Crippen molar-refractivity contribution in [2.45, 2.75) is 13.0 Å². The first-order valence-electron chi connectivity index (χ1n) is 9.05. The van der Waals surface area contributed by atoms with Gasteiger partial charge in [0.15, 0.2) is 5.82 Å². The number of nitrogens with zero attached hydrogens (tertiary/aromatic N) is 2. The van der Waals surface area contributed by atoms with Crippen LogP contribution in [0.3, 0.4) is 0 Å². The lowest BCUT2D eigenvalue weighted by atomic mass is 9.95. The number of carbonyl (C=O) groups excluding carboxylic acids is 2. The number of carbonyl (C=O) groups is 2. The number of halogens is 1. The number of Topliss-reactive ketones (excluding diaryl/α,β-unsaturated/α-hetero) is 1. The lowest BCUT2D eigenvalue weighted by Crippen LogP contribution is -2.29. The summed E-state index contributed by atoms with van der Waals surface area (Å²) in [6.07, 6.45) is 0. The van der Waals surface area contributed by atoms with E-state index in [9.17, 15) is 19.1 Å². The number of hydrogen-bond donors (Lipinski definition) is 1. The Morgan fingerprint density at radius 1 is 1.17 bits per heavy atom. The summed E-state index contributed by atoms with van der Waals surface area (Å²) in [4.78, 5) is 27.0. The minimum Gasteiger partial charge on any atom is -0.507 e. The molecule has 0 aliphatic carbocycles. The fourth-order valence-corrected chi connectivity index (χ4v) is 3.43. The van der Waals surface area contributed by atoms with Gasteiger partial charge in [-0.1, -0.05) is 17.3 Å². The number of aryl methyl sites for hydroxylation is 1. The average molecular weight is 408 g/mol. The molecule has 1 amide bonds. The number of aliphatic hydroxyl groups is 1. The van der Waals surface area contributed by atoms with E-state index in [1.165, 1.54) is 30.2 Å². The van der Waals surface area contributed by atoms with Crippen LogP contribution >= 0.6 is 0 Å². The summed E-state index contributed by atoms with van der Waals surface area (Å²) in [5.41, 5.74) is 0.594. The molecule has 2 heterocycles. The Bertz CT molecular complexity index is 1170. The average Bonchev–Trinajstić information content (AvgIpc) is 3.29. The van der Waals surface area contributed by atoms with E-state index < -0.39 is 29.3 Å². The fourth-order valence-electron chi connectivity index (χ4n) is 3.43. The molecule has 3 aromatic rings. The van der Waals surface area contributed by atoms with E-state index in [2.05, 4.69) is 5.16 Å². The molecule has 1 atom stereocenters. The van der Waals surface area contributed by atoms with Crippen LogP contribution in [0, 0.1) is 12.7 Å². The highest BCUT2D eigenvalue weighted by molar-refractivity contribution is 6.51. The van der Waals surface area contributed by atoms with Crippen LogP contribution in [0.1, 0.15) is 22.9 Å². The molecule has 1 unspecified atom stereocenters. The van der Waals surface area contributed by atoms with Gasteiger partial charge in [-0.25, -0.2) is 4.39 Å². The zero-order valence-electron chi connectivity index (χ0n) is 16.1. The van der Waals surface area contributed by atoms with Crippen LogP contribution in [0.15, 0.2) is 64.7 Å². The molecular weight excluding hydrogens is 391 g/mol. The zero-order valence-corrected chi connectivity index (χ0v) is 16.1. The molecule has 1 aromatic heterocycles. The smallest absolute Gasteiger partial charge is 0.301 e. The summed E-state index contributed by atoms with van der Waals surface area (Å²) < 4.78 is 23.7. The Morgan fingerprint density at radius 3 is 2.53 bits per heavy atom. The van der Waals surface area contributed by atoms with Gasteiger partial charge in [-0.2, -0.15) is 0 Å². The highest BCUT2D eigenvalue weighted by Gasteiger charge is 2.48. The van der Waals surface area contributed by atoms with Crippen LogP contribution in [0.2, 0.25) is 0 Å². The van der Waals surface area contributed by atoms with Gasteiger partial charge in [-0.15, -0.1) is 0 Å². The van der Waals surface area contributed by atoms with Crippen molar-refractivity contribution in [3.63, 3.8) is 0 Å². The SMILES string of the molecule is COc1cccc(C2/C(=C(\O)c3ccc(F)cc3)C(=O)C(=O)N2c2cc(C)on2)c1. The molecule has 0 radical (unpaired) electrons. The van der Waals surface area contributed by atoms with Gasteiger partial charge in [-0.3, -0.25) is 14.5 Å². The predicted molar refractivity (Wildman–Crippen MR) is 105 cm³/mol. The number of benzene rings is 2. The normalized spacial score (nSPS) is 18.1. The highest BCUT2D eigenvalue weighted by Crippen LogP contribution is 2.42. The summed E-state index contributed by atoms with van der Waals surface area (Å²) in [7, 11) is 1.50. The van der Waals surface area contributed by atoms with Gasteiger partial charge in [0.05, 0.1) is 18.7 Å². The van der Waals surface area contributed by atoms with Gasteiger partial charge in [0.1, 0.15) is 23.1 Å². The summed E-state index contributed by atoms with van der Waals surface area (Å²) in [6.45, 7) is 1.66. The Hall–Kier alpha value is -3.94. The van der Waals surface area contributed by atoms with Gasteiger partial charge in [0, 0.05) is 11.6 Å². The number of ketones is 1. The van der Waals surface area contributed by atoms with Crippen molar-refractivity contribution in [2.75, 3.05) is 12.0 Å². The third kappa shape index (κ3) is 3.22. The zero-order chi connectivity index (χ0) is 21.4. The van der Waals surface area contributed by atoms with Crippen molar-refractivity contribution >= 4 is 23.3 Å². The van der Waals surface area contributed by atoms with Crippen molar-refractivity contribution in [1.29, 1.82) is 0 Å². The molecule has 0 spiro atoms. The Kier molecular flexibility index (Phi) is 4.83. The number of amides is 1. The lowest BCUT2D eigenvalue weighted by Gasteiger charge is -2.23. The highest BCUT2D eigenvalue weighted by atomic mass is 19.1. The first kappa shape index (κ1) is 19.4. The fraction of sp³-hybridized carbons (Fsp3) is 0.136. The van der Waals surface area contributed by atoms with Crippen LogP contribution < -0.4 is 9.64 Å². The molecule has 2 aromatic carbocycles. The van der Waals surface area contributed by atoms with Crippen LogP contribution in [-0.4, -0.2) is 29.1 Å². The molecule has 1 saturated heterocycles. The monoisotopic (exact) mass is 408 g/mol. The molecule has 1 aliphatic rings. The topological polar surface area (TPSA) is 92.9 Å². The summed E-state index contributed by atoms with van der Waals surface area (Å²) in [5.74, 6) is -1.55. The largest absolute Gasteiger partial charge is 0.507 e. The van der Waals surface area contributed by atoms with E-state index in [1.54, 1.807) is 31.2 Å². The molecule has 7 nitrogen and oxygen atoms in total. The quantitative estimate of drug-likeness (QED) is 0.401. The number of rotatable bonds is 4. The molecule has 1 aliphatic heterocycles. The lowest BCUT2D eigenvalue weighted by molar-refractivity contribution is -0.132. The maximum atomic E-state index is 13.3. The van der Waals surface area contributed by atoms with Crippen LogP contribution in [-0.2, 0) is 9.59 Å². The molecular formula is C22H17FN2O5. The van der Waals surface area contributed by atoms with Gasteiger partial charge < -0.3 is 14.4 Å². The van der Waals surface area contributed by atoms with Gasteiger partial charge in [-0.05, 0) is 48.9 Å². The standard InChI is InChI=1S/C22H17FN2O5/c1-12-10-17(24-30-12)25-19(14-4-3-5-16(11-14)29-2)18(21(27)22(25)28)20(26)13-6-8-15(23)9-7-13/h3-11,19,26H,1-2H3/b20-18+.